The van der Waals surface area contributed by atoms with Crippen LogP contribution in [-0.4, -0.2) is 54.5 Å². The van der Waals surface area contributed by atoms with E-state index < -0.39 is 12.0 Å². The fraction of sp³-hybridized carbons (Fsp3) is 0.400. The van der Waals surface area contributed by atoms with Gasteiger partial charge in [0, 0.05) is 42.0 Å². The molecule has 1 aromatic carbocycles. The number of amides is 2. The van der Waals surface area contributed by atoms with E-state index in [4.69, 9.17) is 20.6 Å². The van der Waals surface area contributed by atoms with Crippen LogP contribution in [0.2, 0.25) is 0 Å². The SMILES string of the molecule is CCn1nc(C)cc1-c1ncc2c(n1)[nH]c1c(OC(CCNC(=O)O)C(C)(C)C)cc(C(N)=O)cc12. The van der Waals surface area contributed by atoms with Crippen molar-refractivity contribution >= 4 is 33.9 Å². The molecule has 4 aromatic rings. The molecule has 36 heavy (non-hydrogen) atoms. The van der Waals surface area contributed by atoms with Crippen LogP contribution < -0.4 is 15.8 Å². The summed E-state index contributed by atoms with van der Waals surface area (Å²) in [4.78, 5) is 35.7. The van der Waals surface area contributed by atoms with Gasteiger partial charge in [-0.25, -0.2) is 14.8 Å². The van der Waals surface area contributed by atoms with Crippen LogP contribution in [-0.2, 0) is 6.54 Å². The summed E-state index contributed by atoms with van der Waals surface area (Å²) in [6, 6.07) is 5.24. The number of benzene rings is 1. The molecule has 11 nitrogen and oxygen atoms in total. The molecule has 0 aliphatic heterocycles. The average Bonchev–Trinajstić information content (AvgIpc) is 3.36. The molecular formula is C25H31N7O4. The van der Waals surface area contributed by atoms with Gasteiger partial charge in [0.25, 0.3) is 0 Å². The number of hydrogen-bond acceptors (Lipinski definition) is 6. The highest BCUT2D eigenvalue weighted by Crippen LogP contribution is 2.36. The fourth-order valence-corrected chi connectivity index (χ4v) is 4.21. The number of fused-ring (bicyclic) bond motifs is 3. The maximum absolute atomic E-state index is 12.1. The summed E-state index contributed by atoms with van der Waals surface area (Å²) in [6.45, 7) is 10.9. The van der Waals surface area contributed by atoms with Crippen LogP contribution in [0.3, 0.4) is 0 Å². The number of carbonyl (C=O) groups is 2. The lowest BCUT2D eigenvalue weighted by atomic mass is 9.87. The first-order valence-electron chi connectivity index (χ1n) is 11.8. The first-order valence-corrected chi connectivity index (χ1v) is 11.8. The van der Waals surface area contributed by atoms with E-state index in [1.165, 1.54) is 0 Å². The van der Waals surface area contributed by atoms with E-state index in [1.54, 1.807) is 18.3 Å². The molecule has 0 radical (unpaired) electrons. The van der Waals surface area contributed by atoms with Crippen molar-refractivity contribution in [2.24, 2.45) is 11.1 Å². The number of nitrogens with two attached hydrogens (primary N) is 1. The Labute approximate surface area is 208 Å². The molecule has 0 bridgehead atoms. The van der Waals surface area contributed by atoms with Crippen LogP contribution in [0.25, 0.3) is 33.5 Å². The number of hydrogen-bond donors (Lipinski definition) is 4. The number of ether oxygens (including phenoxy) is 1. The number of aromatic amines is 1. The zero-order chi connectivity index (χ0) is 26.2. The molecule has 0 saturated carbocycles. The highest BCUT2D eigenvalue weighted by Gasteiger charge is 2.28. The molecule has 2 amide bonds. The molecule has 0 spiro atoms. The van der Waals surface area contributed by atoms with Crippen LogP contribution >= 0.6 is 0 Å². The first kappa shape index (κ1) is 25.0. The molecule has 190 valence electrons. The fourth-order valence-electron chi connectivity index (χ4n) is 4.21. The van der Waals surface area contributed by atoms with Gasteiger partial charge in [0.05, 0.1) is 11.2 Å². The molecule has 0 aliphatic rings. The minimum Gasteiger partial charge on any atom is -0.488 e. The number of H-pyrrole nitrogens is 1. The predicted octanol–water partition coefficient (Wildman–Crippen LogP) is 3.85. The van der Waals surface area contributed by atoms with E-state index >= 15 is 0 Å². The van der Waals surface area contributed by atoms with Crippen molar-refractivity contribution in [2.75, 3.05) is 6.54 Å². The summed E-state index contributed by atoms with van der Waals surface area (Å²) in [5.74, 6) is 0.378. The second-order valence-electron chi connectivity index (χ2n) is 9.82. The number of aromatic nitrogens is 5. The van der Waals surface area contributed by atoms with Crippen molar-refractivity contribution in [1.29, 1.82) is 0 Å². The van der Waals surface area contributed by atoms with Gasteiger partial charge < -0.3 is 25.9 Å². The Morgan fingerprint density at radius 3 is 2.64 bits per heavy atom. The predicted molar refractivity (Wildman–Crippen MR) is 136 cm³/mol. The molecule has 0 aliphatic carbocycles. The zero-order valence-electron chi connectivity index (χ0n) is 21.0. The largest absolute Gasteiger partial charge is 0.488 e. The maximum atomic E-state index is 12.1. The molecule has 3 heterocycles. The second-order valence-corrected chi connectivity index (χ2v) is 9.82. The molecule has 0 fully saturated rings. The van der Waals surface area contributed by atoms with E-state index in [0.717, 1.165) is 16.8 Å². The van der Waals surface area contributed by atoms with Crippen molar-refractivity contribution in [1.82, 2.24) is 30.0 Å². The van der Waals surface area contributed by atoms with Crippen LogP contribution in [0, 0.1) is 12.3 Å². The van der Waals surface area contributed by atoms with Crippen molar-refractivity contribution < 1.29 is 19.4 Å². The normalized spacial score (nSPS) is 12.7. The summed E-state index contributed by atoms with van der Waals surface area (Å²) in [6.07, 6.45) is 0.699. The lowest BCUT2D eigenvalue weighted by Crippen LogP contribution is -2.36. The number of carboxylic acid groups (broad SMARTS) is 1. The maximum Gasteiger partial charge on any atom is 0.404 e. The summed E-state index contributed by atoms with van der Waals surface area (Å²) < 4.78 is 8.26. The lowest BCUT2D eigenvalue weighted by Gasteiger charge is -2.31. The van der Waals surface area contributed by atoms with Crippen molar-refractivity contribution in [3.8, 4) is 17.3 Å². The van der Waals surface area contributed by atoms with E-state index in [2.05, 4.69) is 20.4 Å². The van der Waals surface area contributed by atoms with Crippen molar-refractivity contribution in [3.05, 3.63) is 35.7 Å². The Bertz CT molecular complexity index is 1450. The van der Waals surface area contributed by atoms with Crippen molar-refractivity contribution in [2.45, 2.75) is 53.7 Å². The summed E-state index contributed by atoms with van der Waals surface area (Å²) in [5, 5.41) is 17.2. The van der Waals surface area contributed by atoms with E-state index in [1.807, 2.05) is 45.4 Å². The minimum atomic E-state index is -1.09. The van der Waals surface area contributed by atoms with Crippen LogP contribution in [0.5, 0.6) is 5.75 Å². The van der Waals surface area contributed by atoms with Gasteiger partial charge in [0.1, 0.15) is 23.2 Å². The smallest absolute Gasteiger partial charge is 0.404 e. The number of nitrogens with zero attached hydrogens (tertiary/aromatic N) is 4. The second kappa shape index (κ2) is 9.48. The standard InChI is InChI=1S/C25H31N7O4/c1-6-32-17(9-13(2)31-32)23-28-12-16-15-10-14(21(26)33)11-18(20(15)29-22(16)30-23)36-19(25(3,4)5)7-8-27-24(34)35/h9-12,19,27H,6-8H2,1-5H3,(H2,26,33)(H,34,35)(H,28,29,30). The van der Waals surface area contributed by atoms with Crippen LogP contribution in [0.4, 0.5) is 4.79 Å². The molecule has 11 heteroatoms. The number of nitrogens with one attached hydrogen (secondary N) is 2. The number of aryl methyl sites for hydroxylation is 2. The number of rotatable bonds is 8. The van der Waals surface area contributed by atoms with E-state index in [9.17, 15) is 9.59 Å². The van der Waals surface area contributed by atoms with Gasteiger partial charge in [-0.2, -0.15) is 5.10 Å². The van der Waals surface area contributed by atoms with Gasteiger partial charge in [-0.3, -0.25) is 9.48 Å². The van der Waals surface area contributed by atoms with E-state index in [-0.39, 0.29) is 18.1 Å². The Balaban J connectivity index is 1.82. The number of primary amides is 1. The highest BCUT2D eigenvalue weighted by molar-refractivity contribution is 6.11. The Morgan fingerprint density at radius 2 is 2.00 bits per heavy atom. The number of carbonyl (C=O) groups excluding carboxylic acids is 1. The highest BCUT2D eigenvalue weighted by atomic mass is 16.5. The van der Waals surface area contributed by atoms with Crippen LogP contribution in [0.1, 0.15) is 50.2 Å². The molecule has 0 saturated heterocycles. The molecule has 1 atom stereocenters. The monoisotopic (exact) mass is 493 g/mol. The zero-order valence-corrected chi connectivity index (χ0v) is 21.0. The van der Waals surface area contributed by atoms with Crippen molar-refractivity contribution in [3.63, 3.8) is 0 Å². The third-order valence-corrected chi connectivity index (χ3v) is 6.06. The Kier molecular flexibility index (Phi) is 6.57. The molecule has 3 aromatic heterocycles. The van der Waals surface area contributed by atoms with E-state index in [0.29, 0.717) is 46.7 Å². The van der Waals surface area contributed by atoms with Gasteiger partial charge >= 0.3 is 6.09 Å². The van der Waals surface area contributed by atoms with Gasteiger partial charge in [0.15, 0.2) is 5.82 Å². The molecular weight excluding hydrogens is 462 g/mol. The minimum absolute atomic E-state index is 0.224. The quantitative estimate of drug-likeness (QED) is 0.290. The topological polar surface area (TPSA) is 161 Å². The Hall–Kier alpha value is -4.15. The van der Waals surface area contributed by atoms with Gasteiger partial charge in [-0.15, -0.1) is 0 Å². The van der Waals surface area contributed by atoms with Gasteiger partial charge in [-0.05, 0) is 37.5 Å². The van der Waals surface area contributed by atoms with Crippen LogP contribution in [0.15, 0.2) is 24.4 Å². The van der Waals surface area contributed by atoms with Gasteiger partial charge in [0.2, 0.25) is 5.91 Å². The summed E-state index contributed by atoms with van der Waals surface area (Å²) >= 11 is 0. The Morgan fingerprint density at radius 1 is 1.25 bits per heavy atom. The molecule has 1 unspecified atom stereocenters. The van der Waals surface area contributed by atoms with Gasteiger partial charge in [-0.1, -0.05) is 20.8 Å². The summed E-state index contributed by atoms with van der Waals surface area (Å²) in [5.41, 5.74) is 8.53. The molecule has 4 rings (SSSR count). The third-order valence-electron chi connectivity index (χ3n) is 6.06. The first-order chi connectivity index (χ1) is 17.0. The average molecular weight is 494 g/mol. The summed E-state index contributed by atoms with van der Waals surface area (Å²) in [7, 11) is 0. The lowest BCUT2D eigenvalue weighted by molar-refractivity contribution is 0.0798. The molecule has 5 N–H and O–H groups in total. The third kappa shape index (κ3) is 4.95.